The highest BCUT2D eigenvalue weighted by Crippen LogP contribution is 2.38. The van der Waals surface area contributed by atoms with Gasteiger partial charge in [0.2, 0.25) is 5.75 Å². The molecule has 0 aliphatic heterocycles. The molecule has 9 nitrogen and oxygen atoms in total. The molecule has 0 unspecified atom stereocenters. The molecule has 2 aromatic carbocycles. The molecule has 0 saturated carbocycles. The molecular formula is C25H19F3N4O5. The van der Waals surface area contributed by atoms with Crippen molar-refractivity contribution in [3.05, 3.63) is 105 Å². The maximum absolute atomic E-state index is 12.9. The fourth-order valence-electron chi connectivity index (χ4n) is 3.65. The van der Waals surface area contributed by atoms with Crippen LogP contribution >= 0.6 is 0 Å². The van der Waals surface area contributed by atoms with Crippen molar-refractivity contribution in [1.82, 2.24) is 9.99 Å². The molecule has 37 heavy (non-hydrogen) atoms. The monoisotopic (exact) mass is 512 g/mol. The number of halogens is 3. The number of ether oxygens (including phenoxy) is 1. The topological polar surface area (TPSA) is 112 Å². The second-order valence-electron chi connectivity index (χ2n) is 7.87. The molecule has 1 amide bonds. The summed E-state index contributed by atoms with van der Waals surface area (Å²) in [5.41, 5.74) is 3.63. The minimum absolute atomic E-state index is 0.131. The number of carbonyl (C=O) groups excluding carboxylic acids is 1. The molecule has 0 fully saturated rings. The first-order valence-corrected chi connectivity index (χ1v) is 10.7. The van der Waals surface area contributed by atoms with Crippen molar-refractivity contribution in [3.8, 4) is 17.2 Å². The van der Waals surface area contributed by atoms with Gasteiger partial charge in [-0.1, -0.05) is 0 Å². The molecule has 0 saturated heterocycles. The number of rotatable bonds is 7. The molecule has 2 heterocycles. The molecule has 4 aromatic rings. The highest BCUT2D eigenvalue weighted by molar-refractivity contribution is 5.92. The lowest BCUT2D eigenvalue weighted by molar-refractivity contribution is -0.385. The number of nitro benzene ring substituents is 1. The van der Waals surface area contributed by atoms with Crippen molar-refractivity contribution in [2.24, 2.45) is 5.10 Å². The Labute approximate surface area is 207 Å². The summed E-state index contributed by atoms with van der Waals surface area (Å²) in [5.74, 6) is -0.462. The van der Waals surface area contributed by atoms with Gasteiger partial charge in [-0.05, 0) is 68.4 Å². The zero-order valence-corrected chi connectivity index (χ0v) is 19.4. The molecule has 0 radical (unpaired) electrons. The van der Waals surface area contributed by atoms with Crippen molar-refractivity contribution < 1.29 is 32.0 Å². The number of nitrogens with zero attached hydrogens (tertiary/aromatic N) is 3. The predicted molar refractivity (Wildman–Crippen MR) is 127 cm³/mol. The molecule has 0 spiro atoms. The first kappa shape index (κ1) is 25.2. The van der Waals surface area contributed by atoms with E-state index in [2.05, 4.69) is 10.5 Å². The van der Waals surface area contributed by atoms with E-state index in [-0.39, 0.29) is 17.3 Å². The van der Waals surface area contributed by atoms with Gasteiger partial charge in [0.15, 0.2) is 5.76 Å². The van der Waals surface area contributed by atoms with Crippen LogP contribution in [0.4, 0.5) is 18.9 Å². The Kier molecular flexibility index (Phi) is 6.83. The lowest BCUT2D eigenvalue weighted by Crippen LogP contribution is -2.16. The Balaban J connectivity index is 1.52. The van der Waals surface area contributed by atoms with Gasteiger partial charge in [-0.3, -0.25) is 14.9 Å². The van der Waals surface area contributed by atoms with Crippen molar-refractivity contribution in [1.29, 1.82) is 0 Å². The zero-order valence-electron chi connectivity index (χ0n) is 19.4. The van der Waals surface area contributed by atoms with Crippen LogP contribution in [0, 0.1) is 24.0 Å². The number of aryl methyl sites for hydroxylation is 1. The summed E-state index contributed by atoms with van der Waals surface area (Å²) in [6.07, 6.45) is -1.83. The highest BCUT2D eigenvalue weighted by atomic mass is 19.4. The average molecular weight is 512 g/mol. The molecule has 0 atom stereocenters. The number of nitrogens with one attached hydrogen (secondary N) is 1. The van der Waals surface area contributed by atoms with Crippen LogP contribution in [0.1, 0.15) is 33.1 Å². The lowest BCUT2D eigenvalue weighted by atomic mass is 10.2. The average Bonchev–Trinajstić information content (AvgIpc) is 3.48. The SMILES string of the molecule is Cc1cc(/C=N\NC(=O)c2ccco2)c(C)n1-c1ccc(Oc2ccc(C(F)(F)F)cc2[N+](=O)[O-])cc1. The fraction of sp³-hybridized carbons (Fsp3) is 0.120. The molecular weight excluding hydrogens is 493 g/mol. The van der Waals surface area contributed by atoms with Gasteiger partial charge < -0.3 is 13.7 Å². The van der Waals surface area contributed by atoms with Crippen molar-refractivity contribution in [2.75, 3.05) is 0 Å². The van der Waals surface area contributed by atoms with E-state index in [9.17, 15) is 28.1 Å². The Morgan fingerprint density at radius 3 is 2.49 bits per heavy atom. The number of hydrogen-bond acceptors (Lipinski definition) is 6. The van der Waals surface area contributed by atoms with Crippen LogP contribution in [0.5, 0.6) is 11.5 Å². The maximum atomic E-state index is 12.9. The second kappa shape index (κ2) is 10.0. The van der Waals surface area contributed by atoms with Crippen LogP contribution in [0.15, 0.2) is 76.4 Å². The van der Waals surface area contributed by atoms with Gasteiger partial charge >= 0.3 is 17.8 Å². The minimum Gasteiger partial charge on any atom is -0.459 e. The molecule has 12 heteroatoms. The van der Waals surface area contributed by atoms with Crippen molar-refractivity contribution >= 4 is 17.8 Å². The number of hydrazone groups is 1. The van der Waals surface area contributed by atoms with Crippen LogP contribution in [0.25, 0.3) is 5.69 Å². The molecule has 0 aliphatic carbocycles. The van der Waals surface area contributed by atoms with E-state index in [1.54, 1.807) is 30.3 Å². The third-order valence-electron chi connectivity index (χ3n) is 5.39. The second-order valence-corrected chi connectivity index (χ2v) is 7.87. The number of furan rings is 1. The van der Waals surface area contributed by atoms with Crippen molar-refractivity contribution in [2.45, 2.75) is 20.0 Å². The van der Waals surface area contributed by atoms with Crippen LogP contribution < -0.4 is 10.2 Å². The van der Waals surface area contributed by atoms with E-state index in [0.29, 0.717) is 6.07 Å². The molecule has 0 bridgehead atoms. The number of alkyl halides is 3. The molecule has 1 N–H and O–H groups in total. The Bertz CT molecular complexity index is 1470. The number of hydrogen-bond donors (Lipinski definition) is 1. The highest BCUT2D eigenvalue weighted by Gasteiger charge is 2.33. The van der Waals surface area contributed by atoms with Gasteiger partial charge in [-0.2, -0.15) is 18.3 Å². The van der Waals surface area contributed by atoms with Gasteiger partial charge in [0.25, 0.3) is 0 Å². The van der Waals surface area contributed by atoms with Gasteiger partial charge in [0.05, 0.1) is 23.0 Å². The minimum atomic E-state index is -4.72. The number of benzene rings is 2. The van der Waals surface area contributed by atoms with Crippen LogP contribution in [0.3, 0.4) is 0 Å². The number of nitro groups is 1. The Hall–Kier alpha value is -4.87. The van der Waals surface area contributed by atoms with E-state index in [1.807, 2.05) is 24.5 Å². The summed E-state index contributed by atoms with van der Waals surface area (Å²) in [7, 11) is 0. The van der Waals surface area contributed by atoms with Crippen LogP contribution in [-0.2, 0) is 6.18 Å². The standard InChI is InChI=1S/C25H19F3N4O5/c1-15-12-17(14-29-30-24(33)23-4-3-11-36-23)16(2)31(15)19-6-8-20(9-7-19)37-22-10-5-18(25(26,27)28)13-21(22)32(34)35/h3-14H,1-2H3,(H,30,33)/b29-14-. The summed E-state index contributed by atoms with van der Waals surface area (Å²) in [4.78, 5) is 22.3. The quantitative estimate of drug-likeness (QED) is 0.181. The normalized spacial score (nSPS) is 11.6. The van der Waals surface area contributed by atoms with E-state index in [4.69, 9.17) is 9.15 Å². The fourth-order valence-corrected chi connectivity index (χ4v) is 3.65. The first-order valence-electron chi connectivity index (χ1n) is 10.7. The maximum Gasteiger partial charge on any atom is 0.416 e. The third-order valence-corrected chi connectivity index (χ3v) is 5.39. The Morgan fingerprint density at radius 1 is 1.14 bits per heavy atom. The first-order chi connectivity index (χ1) is 17.5. The number of amides is 1. The van der Waals surface area contributed by atoms with Gasteiger partial charge in [0.1, 0.15) is 5.75 Å². The predicted octanol–water partition coefficient (Wildman–Crippen LogP) is 6.17. The molecule has 2 aromatic heterocycles. The molecule has 4 rings (SSSR count). The van der Waals surface area contributed by atoms with Crippen LogP contribution in [-0.4, -0.2) is 21.6 Å². The Morgan fingerprint density at radius 2 is 1.86 bits per heavy atom. The molecule has 190 valence electrons. The lowest BCUT2D eigenvalue weighted by Gasteiger charge is -2.12. The van der Waals surface area contributed by atoms with E-state index >= 15 is 0 Å². The summed E-state index contributed by atoms with van der Waals surface area (Å²) in [6.45, 7) is 3.74. The molecule has 0 aliphatic rings. The van der Waals surface area contributed by atoms with E-state index in [1.165, 1.54) is 18.5 Å². The summed E-state index contributed by atoms with van der Waals surface area (Å²) in [6, 6.07) is 13.6. The van der Waals surface area contributed by atoms with E-state index in [0.717, 1.165) is 34.8 Å². The van der Waals surface area contributed by atoms with Gasteiger partial charge in [-0.15, -0.1) is 0 Å². The zero-order chi connectivity index (χ0) is 26.7. The third kappa shape index (κ3) is 5.53. The van der Waals surface area contributed by atoms with Crippen molar-refractivity contribution in [3.63, 3.8) is 0 Å². The van der Waals surface area contributed by atoms with Gasteiger partial charge in [0, 0.05) is 28.7 Å². The number of aromatic nitrogens is 1. The summed E-state index contributed by atoms with van der Waals surface area (Å²) in [5, 5.41) is 15.3. The number of carbonyl (C=O) groups is 1. The summed E-state index contributed by atoms with van der Waals surface area (Å²) >= 11 is 0. The van der Waals surface area contributed by atoms with Crippen LogP contribution in [0.2, 0.25) is 0 Å². The van der Waals surface area contributed by atoms with Gasteiger partial charge in [-0.25, -0.2) is 5.43 Å². The van der Waals surface area contributed by atoms with E-state index < -0.39 is 28.3 Å². The summed E-state index contributed by atoms with van der Waals surface area (Å²) < 4.78 is 51.2. The smallest absolute Gasteiger partial charge is 0.416 e. The largest absolute Gasteiger partial charge is 0.459 e.